The first-order chi connectivity index (χ1) is 7.27. The van der Waals surface area contributed by atoms with Gasteiger partial charge in [0, 0.05) is 11.9 Å². The van der Waals surface area contributed by atoms with Gasteiger partial charge >= 0.3 is 0 Å². The third-order valence-corrected chi connectivity index (χ3v) is 2.06. The molecular formula is C14H17N. The smallest absolute Gasteiger partial charge is 0.0373 e. The summed E-state index contributed by atoms with van der Waals surface area (Å²) in [6.07, 6.45) is 12.2. The standard InChI is InChI=1S/C14H17N/c1-4-6-8-13(7-5-2)14-10-9-12(3)15-11-14/h4-11H,1-3H3/b6-4-,7-5-,13-8+. The Bertz CT molecular complexity index is 380. The Kier molecular flexibility index (Phi) is 4.55. The van der Waals surface area contributed by atoms with Crippen LogP contribution in [0.3, 0.4) is 0 Å². The maximum absolute atomic E-state index is 4.29. The molecule has 0 aliphatic rings. The number of aromatic nitrogens is 1. The monoisotopic (exact) mass is 199 g/mol. The van der Waals surface area contributed by atoms with Crippen molar-refractivity contribution in [3.8, 4) is 0 Å². The van der Waals surface area contributed by atoms with Crippen LogP contribution >= 0.6 is 0 Å². The largest absolute Gasteiger partial charge is 0.261 e. The van der Waals surface area contributed by atoms with Gasteiger partial charge in [-0.05, 0) is 38.0 Å². The van der Waals surface area contributed by atoms with Crippen LogP contribution < -0.4 is 0 Å². The molecule has 0 aliphatic heterocycles. The Morgan fingerprint density at radius 2 is 2.00 bits per heavy atom. The Morgan fingerprint density at radius 1 is 1.20 bits per heavy atom. The maximum Gasteiger partial charge on any atom is 0.0373 e. The molecule has 0 saturated carbocycles. The van der Waals surface area contributed by atoms with Crippen molar-refractivity contribution in [2.75, 3.05) is 0 Å². The van der Waals surface area contributed by atoms with Gasteiger partial charge in [-0.1, -0.05) is 36.4 Å². The summed E-state index contributed by atoms with van der Waals surface area (Å²) in [5.74, 6) is 0. The highest BCUT2D eigenvalue weighted by atomic mass is 14.7. The van der Waals surface area contributed by atoms with Crippen LogP contribution in [-0.4, -0.2) is 4.98 Å². The molecule has 0 saturated heterocycles. The number of nitrogens with zero attached hydrogens (tertiary/aromatic N) is 1. The SMILES string of the molecule is C\C=C/C=C(\C=C/C)c1ccc(C)nc1. The summed E-state index contributed by atoms with van der Waals surface area (Å²) < 4.78 is 0. The van der Waals surface area contributed by atoms with E-state index >= 15 is 0 Å². The number of pyridine rings is 1. The molecule has 0 radical (unpaired) electrons. The van der Waals surface area contributed by atoms with E-state index in [-0.39, 0.29) is 0 Å². The Labute approximate surface area is 91.9 Å². The van der Waals surface area contributed by atoms with E-state index in [1.54, 1.807) is 0 Å². The molecule has 1 aromatic heterocycles. The highest BCUT2D eigenvalue weighted by Crippen LogP contribution is 2.15. The van der Waals surface area contributed by atoms with E-state index in [4.69, 9.17) is 0 Å². The highest BCUT2D eigenvalue weighted by molar-refractivity contribution is 5.74. The predicted octanol–water partition coefficient (Wildman–Crippen LogP) is 3.93. The van der Waals surface area contributed by atoms with Gasteiger partial charge in [0.2, 0.25) is 0 Å². The summed E-state index contributed by atoms with van der Waals surface area (Å²) in [6, 6.07) is 4.12. The molecule has 0 fully saturated rings. The van der Waals surface area contributed by atoms with Crippen molar-refractivity contribution < 1.29 is 0 Å². The van der Waals surface area contributed by atoms with E-state index in [2.05, 4.69) is 23.2 Å². The van der Waals surface area contributed by atoms with Gasteiger partial charge in [-0.2, -0.15) is 0 Å². The number of allylic oxidation sites excluding steroid dienone is 6. The molecule has 0 spiro atoms. The van der Waals surface area contributed by atoms with Gasteiger partial charge in [0.25, 0.3) is 0 Å². The summed E-state index contributed by atoms with van der Waals surface area (Å²) in [7, 11) is 0. The lowest BCUT2D eigenvalue weighted by atomic mass is 10.1. The molecule has 0 amide bonds. The molecule has 1 aromatic rings. The number of rotatable bonds is 3. The molecule has 78 valence electrons. The third-order valence-electron chi connectivity index (χ3n) is 2.06. The van der Waals surface area contributed by atoms with E-state index in [9.17, 15) is 0 Å². The third kappa shape index (κ3) is 3.55. The minimum Gasteiger partial charge on any atom is -0.261 e. The van der Waals surface area contributed by atoms with Gasteiger partial charge in [0.15, 0.2) is 0 Å². The molecule has 15 heavy (non-hydrogen) atoms. The minimum absolute atomic E-state index is 1.05. The zero-order valence-electron chi connectivity index (χ0n) is 9.57. The zero-order chi connectivity index (χ0) is 11.1. The molecule has 0 bridgehead atoms. The number of aryl methyl sites for hydroxylation is 1. The molecule has 1 heterocycles. The van der Waals surface area contributed by atoms with Crippen molar-refractivity contribution in [2.24, 2.45) is 0 Å². The summed E-state index contributed by atoms with van der Waals surface area (Å²) in [5.41, 5.74) is 3.38. The lowest BCUT2D eigenvalue weighted by molar-refractivity contribution is 1.19. The predicted molar refractivity (Wildman–Crippen MR) is 66.6 cm³/mol. The Morgan fingerprint density at radius 3 is 2.53 bits per heavy atom. The number of hydrogen-bond donors (Lipinski definition) is 0. The van der Waals surface area contributed by atoms with E-state index in [0.29, 0.717) is 0 Å². The van der Waals surface area contributed by atoms with Crippen molar-refractivity contribution in [1.82, 2.24) is 4.98 Å². The number of hydrogen-bond acceptors (Lipinski definition) is 1. The normalized spacial score (nSPS) is 12.9. The molecular weight excluding hydrogens is 182 g/mol. The zero-order valence-corrected chi connectivity index (χ0v) is 9.57. The molecule has 0 N–H and O–H groups in total. The minimum atomic E-state index is 1.05. The van der Waals surface area contributed by atoms with Crippen LogP contribution in [0.15, 0.2) is 48.7 Å². The first-order valence-electron chi connectivity index (χ1n) is 5.16. The summed E-state index contributed by atoms with van der Waals surface area (Å²) in [6.45, 7) is 6.02. The van der Waals surface area contributed by atoms with Gasteiger partial charge in [0.1, 0.15) is 0 Å². The topological polar surface area (TPSA) is 12.9 Å². The van der Waals surface area contributed by atoms with E-state index in [1.807, 2.05) is 51.3 Å². The van der Waals surface area contributed by atoms with Gasteiger partial charge in [0.05, 0.1) is 0 Å². The van der Waals surface area contributed by atoms with Crippen LogP contribution in [0.5, 0.6) is 0 Å². The highest BCUT2D eigenvalue weighted by Gasteiger charge is 1.96. The fraction of sp³-hybridized carbons (Fsp3) is 0.214. The van der Waals surface area contributed by atoms with Crippen molar-refractivity contribution in [3.05, 3.63) is 60.0 Å². The second-order valence-electron chi connectivity index (χ2n) is 3.34. The summed E-state index contributed by atoms with van der Waals surface area (Å²) >= 11 is 0. The quantitative estimate of drug-likeness (QED) is 0.672. The Balaban J connectivity index is 3.04. The Hall–Kier alpha value is -1.63. The first kappa shape index (κ1) is 11.4. The second-order valence-corrected chi connectivity index (χ2v) is 3.34. The molecule has 1 heteroatoms. The van der Waals surface area contributed by atoms with Crippen LogP contribution in [0.25, 0.3) is 5.57 Å². The molecule has 0 aromatic carbocycles. The van der Waals surface area contributed by atoms with Crippen molar-refractivity contribution in [1.29, 1.82) is 0 Å². The van der Waals surface area contributed by atoms with Gasteiger partial charge in [-0.3, -0.25) is 4.98 Å². The van der Waals surface area contributed by atoms with Crippen molar-refractivity contribution in [2.45, 2.75) is 20.8 Å². The van der Waals surface area contributed by atoms with E-state index in [0.717, 1.165) is 11.3 Å². The molecule has 0 aliphatic carbocycles. The lowest BCUT2D eigenvalue weighted by Gasteiger charge is -2.01. The molecule has 0 atom stereocenters. The van der Waals surface area contributed by atoms with Crippen LogP contribution in [0, 0.1) is 6.92 Å². The average Bonchev–Trinajstić information content (AvgIpc) is 2.25. The van der Waals surface area contributed by atoms with E-state index < -0.39 is 0 Å². The summed E-state index contributed by atoms with van der Waals surface area (Å²) in [4.78, 5) is 4.29. The second kappa shape index (κ2) is 5.97. The van der Waals surface area contributed by atoms with Crippen LogP contribution in [0.1, 0.15) is 25.1 Å². The molecule has 1 rings (SSSR count). The maximum atomic E-state index is 4.29. The van der Waals surface area contributed by atoms with Crippen molar-refractivity contribution in [3.63, 3.8) is 0 Å². The van der Waals surface area contributed by atoms with Crippen LogP contribution in [0.2, 0.25) is 0 Å². The van der Waals surface area contributed by atoms with E-state index in [1.165, 1.54) is 5.57 Å². The lowest BCUT2D eigenvalue weighted by Crippen LogP contribution is -1.85. The molecule has 1 nitrogen and oxygen atoms in total. The van der Waals surface area contributed by atoms with Crippen LogP contribution in [-0.2, 0) is 0 Å². The van der Waals surface area contributed by atoms with Crippen LogP contribution in [0.4, 0.5) is 0 Å². The average molecular weight is 199 g/mol. The van der Waals surface area contributed by atoms with Gasteiger partial charge in [-0.15, -0.1) is 0 Å². The fourth-order valence-corrected chi connectivity index (χ4v) is 1.27. The summed E-state index contributed by atoms with van der Waals surface area (Å²) in [5, 5.41) is 0. The van der Waals surface area contributed by atoms with Gasteiger partial charge in [-0.25, -0.2) is 0 Å². The van der Waals surface area contributed by atoms with Gasteiger partial charge < -0.3 is 0 Å². The van der Waals surface area contributed by atoms with Crippen molar-refractivity contribution >= 4 is 5.57 Å². The first-order valence-corrected chi connectivity index (χ1v) is 5.16. The fourth-order valence-electron chi connectivity index (χ4n) is 1.27. The molecule has 0 unspecified atom stereocenters.